The fraction of sp³-hybridized carbons (Fsp3) is 0.250. The number of rotatable bonds is 7. The van der Waals surface area contributed by atoms with E-state index in [9.17, 15) is 14.4 Å². The molecular weight excluding hydrogens is 464 g/mol. The summed E-state index contributed by atoms with van der Waals surface area (Å²) in [7, 11) is 1.45. The summed E-state index contributed by atoms with van der Waals surface area (Å²) < 4.78 is 11.1. The number of halogens is 2. The number of ether oxygens (including phenoxy) is 2. The van der Waals surface area contributed by atoms with E-state index in [2.05, 4.69) is 26.6 Å². The van der Waals surface area contributed by atoms with E-state index in [1.54, 1.807) is 43.3 Å². The third-order valence-corrected chi connectivity index (χ3v) is 4.85. The van der Waals surface area contributed by atoms with Gasteiger partial charge in [0.15, 0.2) is 6.10 Å². The van der Waals surface area contributed by atoms with Gasteiger partial charge < -0.3 is 20.1 Å². The minimum atomic E-state index is -1.08. The van der Waals surface area contributed by atoms with E-state index in [1.165, 1.54) is 14.0 Å². The first kappa shape index (κ1) is 22.7. The molecule has 0 aliphatic rings. The normalized spacial score (nSPS) is 11.3. The van der Waals surface area contributed by atoms with Crippen molar-refractivity contribution in [2.24, 2.45) is 0 Å². The van der Waals surface area contributed by atoms with Gasteiger partial charge in [-0.25, -0.2) is 0 Å². The van der Waals surface area contributed by atoms with Crippen LogP contribution in [0.1, 0.15) is 22.8 Å². The number of carbonyl (C=O) groups is 3. The van der Waals surface area contributed by atoms with Gasteiger partial charge in [-0.05, 0) is 49.7 Å². The molecule has 2 N–H and O–H groups in total. The predicted octanol–water partition coefficient (Wildman–Crippen LogP) is 3.72. The highest BCUT2D eigenvalue weighted by Gasteiger charge is 2.20. The smallest absolute Gasteiger partial charge is 0.326 e. The Bertz CT molecular complexity index is 918. The SMILES string of the molecule is COc1cc(Cl)c(C)cc1NC(=O)C(C)OC(=O)CNC(=O)c1ccc(Br)cc1. The van der Waals surface area contributed by atoms with Crippen molar-refractivity contribution in [1.82, 2.24) is 5.32 Å². The molecule has 0 saturated carbocycles. The van der Waals surface area contributed by atoms with Crippen LogP contribution in [0.15, 0.2) is 40.9 Å². The maximum Gasteiger partial charge on any atom is 0.326 e. The van der Waals surface area contributed by atoms with Crippen molar-refractivity contribution in [2.45, 2.75) is 20.0 Å². The number of hydrogen-bond acceptors (Lipinski definition) is 5. The topological polar surface area (TPSA) is 93.7 Å². The molecule has 2 aromatic carbocycles. The van der Waals surface area contributed by atoms with Crippen molar-refractivity contribution in [2.75, 3.05) is 19.0 Å². The monoisotopic (exact) mass is 482 g/mol. The molecule has 2 amide bonds. The molecule has 1 unspecified atom stereocenters. The number of nitrogens with one attached hydrogen (secondary N) is 2. The maximum absolute atomic E-state index is 12.3. The van der Waals surface area contributed by atoms with Gasteiger partial charge in [-0.3, -0.25) is 14.4 Å². The van der Waals surface area contributed by atoms with Crippen LogP contribution in [0.5, 0.6) is 5.75 Å². The summed E-state index contributed by atoms with van der Waals surface area (Å²) >= 11 is 9.33. The third kappa shape index (κ3) is 6.47. The molecule has 1 atom stereocenters. The summed E-state index contributed by atoms with van der Waals surface area (Å²) in [6.45, 7) is 2.85. The quantitative estimate of drug-likeness (QED) is 0.586. The number of aryl methyl sites for hydroxylation is 1. The summed E-state index contributed by atoms with van der Waals surface area (Å²) in [5.41, 5.74) is 1.56. The molecule has 154 valence electrons. The standard InChI is InChI=1S/C20H20BrClN2O5/c1-11-8-16(17(28-3)9-15(11)22)24-19(26)12(2)29-18(25)10-23-20(27)13-4-6-14(21)7-5-13/h4-9,12H,10H2,1-3H3,(H,23,27)(H,24,26). The molecule has 0 spiro atoms. The van der Waals surface area contributed by atoms with Crippen LogP contribution < -0.4 is 15.4 Å². The number of amides is 2. The number of carbonyl (C=O) groups excluding carboxylic acids is 3. The van der Waals surface area contributed by atoms with Gasteiger partial charge in [0.1, 0.15) is 12.3 Å². The van der Waals surface area contributed by atoms with Gasteiger partial charge in [0, 0.05) is 21.1 Å². The van der Waals surface area contributed by atoms with Crippen molar-refractivity contribution in [3.05, 3.63) is 57.0 Å². The molecule has 2 aromatic rings. The highest BCUT2D eigenvalue weighted by molar-refractivity contribution is 9.10. The van der Waals surface area contributed by atoms with Gasteiger partial charge in [0.05, 0.1) is 12.8 Å². The molecule has 29 heavy (non-hydrogen) atoms. The van der Waals surface area contributed by atoms with Crippen LogP contribution in [0.3, 0.4) is 0 Å². The van der Waals surface area contributed by atoms with Crippen LogP contribution >= 0.6 is 27.5 Å². The molecule has 9 heteroatoms. The van der Waals surface area contributed by atoms with Gasteiger partial charge in [-0.2, -0.15) is 0 Å². The molecule has 2 rings (SSSR count). The molecule has 7 nitrogen and oxygen atoms in total. The molecule has 0 radical (unpaired) electrons. The Kier molecular flexibility index (Phi) is 8.04. The van der Waals surface area contributed by atoms with Gasteiger partial charge in [-0.15, -0.1) is 0 Å². The number of methoxy groups -OCH3 is 1. The molecule has 0 aliphatic carbocycles. The highest BCUT2D eigenvalue weighted by atomic mass is 79.9. The molecule has 0 saturated heterocycles. The Balaban J connectivity index is 1.89. The van der Waals surface area contributed by atoms with Crippen LogP contribution in [0.2, 0.25) is 5.02 Å². The van der Waals surface area contributed by atoms with Gasteiger partial charge in [0.2, 0.25) is 0 Å². The zero-order valence-corrected chi connectivity index (χ0v) is 18.4. The summed E-state index contributed by atoms with van der Waals surface area (Å²) in [4.78, 5) is 36.3. The fourth-order valence-electron chi connectivity index (χ4n) is 2.31. The van der Waals surface area contributed by atoms with E-state index >= 15 is 0 Å². The Hall–Kier alpha value is -2.58. The van der Waals surface area contributed by atoms with E-state index in [1.807, 2.05) is 0 Å². The van der Waals surface area contributed by atoms with E-state index < -0.39 is 23.9 Å². The Morgan fingerprint density at radius 3 is 2.45 bits per heavy atom. The lowest BCUT2D eigenvalue weighted by molar-refractivity contribution is -0.152. The molecular formula is C20H20BrClN2O5. The van der Waals surface area contributed by atoms with Crippen LogP contribution in [0.25, 0.3) is 0 Å². The summed E-state index contributed by atoms with van der Waals surface area (Å²) in [5.74, 6) is -1.32. The average Bonchev–Trinajstić information content (AvgIpc) is 2.69. The second kappa shape index (κ2) is 10.3. The molecule has 0 aromatic heterocycles. The van der Waals surface area contributed by atoms with E-state index in [4.69, 9.17) is 21.1 Å². The molecule has 0 bridgehead atoms. The third-order valence-electron chi connectivity index (χ3n) is 3.92. The van der Waals surface area contributed by atoms with Crippen LogP contribution in [-0.4, -0.2) is 37.5 Å². The zero-order valence-electron chi connectivity index (χ0n) is 16.0. The largest absolute Gasteiger partial charge is 0.495 e. The van der Waals surface area contributed by atoms with Gasteiger partial charge in [-0.1, -0.05) is 27.5 Å². The Labute approximate surface area is 181 Å². The first-order valence-corrected chi connectivity index (χ1v) is 9.76. The Morgan fingerprint density at radius 2 is 1.83 bits per heavy atom. The number of hydrogen-bond donors (Lipinski definition) is 2. The number of anilines is 1. The van der Waals surface area contributed by atoms with E-state index in [-0.39, 0.29) is 6.54 Å². The van der Waals surface area contributed by atoms with E-state index in [0.29, 0.717) is 22.0 Å². The van der Waals surface area contributed by atoms with E-state index in [0.717, 1.165) is 10.0 Å². The van der Waals surface area contributed by atoms with Crippen LogP contribution in [-0.2, 0) is 14.3 Å². The van der Waals surface area contributed by atoms with Crippen LogP contribution in [0, 0.1) is 6.92 Å². The first-order chi connectivity index (χ1) is 13.7. The molecule has 0 aliphatic heterocycles. The minimum Gasteiger partial charge on any atom is -0.495 e. The lowest BCUT2D eigenvalue weighted by atomic mass is 10.2. The van der Waals surface area contributed by atoms with Crippen LogP contribution in [0.4, 0.5) is 5.69 Å². The number of benzene rings is 2. The fourth-order valence-corrected chi connectivity index (χ4v) is 2.73. The number of esters is 1. The highest BCUT2D eigenvalue weighted by Crippen LogP contribution is 2.31. The van der Waals surface area contributed by atoms with Gasteiger partial charge >= 0.3 is 5.97 Å². The minimum absolute atomic E-state index is 0.365. The average molecular weight is 484 g/mol. The second-order valence-corrected chi connectivity index (χ2v) is 7.44. The molecule has 0 heterocycles. The van der Waals surface area contributed by atoms with Crippen molar-refractivity contribution in [1.29, 1.82) is 0 Å². The zero-order chi connectivity index (χ0) is 21.6. The van der Waals surface area contributed by atoms with Crippen molar-refractivity contribution < 1.29 is 23.9 Å². The predicted molar refractivity (Wildman–Crippen MR) is 113 cm³/mol. The van der Waals surface area contributed by atoms with Crippen molar-refractivity contribution in [3.8, 4) is 5.75 Å². The summed E-state index contributed by atoms with van der Waals surface area (Å²) in [6, 6.07) is 9.90. The molecule has 0 fully saturated rings. The summed E-state index contributed by atoms with van der Waals surface area (Å²) in [5, 5.41) is 5.59. The second-order valence-electron chi connectivity index (χ2n) is 6.11. The first-order valence-electron chi connectivity index (χ1n) is 8.59. The lowest BCUT2D eigenvalue weighted by Gasteiger charge is -2.16. The maximum atomic E-state index is 12.3. The lowest BCUT2D eigenvalue weighted by Crippen LogP contribution is -2.35. The summed E-state index contributed by atoms with van der Waals surface area (Å²) in [6.07, 6.45) is -1.08. The van der Waals surface area contributed by atoms with Crippen molar-refractivity contribution in [3.63, 3.8) is 0 Å². The van der Waals surface area contributed by atoms with Gasteiger partial charge in [0.25, 0.3) is 11.8 Å². The van der Waals surface area contributed by atoms with Crippen molar-refractivity contribution >= 4 is 51.0 Å². The Morgan fingerprint density at radius 1 is 1.17 bits per heavy atom.